The first kappa shape index (κ1) is 17.9. The number of nitrogens with zero attached hydrogens (tertiary/aromatic N) is 3. The summed E-state index contributed by atoms with van der Waals surface area (Å²) in [5.74, 6) is 0.732. The van der Waals surface area contributed by atoms with E-state index in [1.807, 2.05) is 31.1 Å². The molecule has 3 heterocycles. The Morgan fingerprint density at radius 3 is 2.65 bits per heavy atom. The van der Waals surface area contributed by atoms with Crippen molar-refractivity contribution in [2.45, 2.75) is 45.1 Å². The van der Waals surface area contributed by atoms with Gasteiger partial charge in [0.25, 0.3) is 5.91 Å². The molecule has 26 heavy (non-hydrogen) atoms. The Kier molecular flexibility index (Phi) is 5.02. The maximum atomic E-state index is 12.8. The van der Waals surface area contributed by atoms with E-state index >= 15 is 0 Å². The Labute approximate surface area is 156 Å². The van der Waals surface area contributed by atoms with Crippen molar-refractivity contribution in [2.24, 2.45) is 11.3 Å². The monoisotopic (exact) mass is 357 g/mol. The van der Waals surface area contributed by atoms with Crippen LogP contribution in [0.15, 0.2) is 18.3 Å². The summed E-state index contributed by atoms with van der Waals surface area (Å²) < 4.78 is 5.57. The molecule has 4 rings (SSSR count). The van der Waals surface area contributed by atoms with Gasteiger partial charge in [0.1, 0.15) is 0 Å². The average molecular weight is 357 g/mol. The molecule has 0 N–H and O–H groups in total. The lowest BCUT2D eigenvalue weighted by Gasteiger charge is -2.43. The molecule has 1 atom stereocenters. The number of rotatable bonds is 4. The summed E-state index contributed by atoms with van der Waals surface area (Å²) in [6.07, 6.45) is 8.01. The molecule has 2 aliphatic heterocycles. The number of aryl methyl sites for hydroxylation is 1. The number of aromatic nitrogens is 1. The van der Waals surface area contributed by atoms with Gasteiger partial charge in [-0.2, -0.15) is 0 Å². The minimum atomic E-state index is 0.129. The second-order valence-corrected chi connectivity index (χ2v) is 8.51. The number of carbonyl (C=O) groups is 1. The lowest BCUT2D eigenvalue weighted by Crippen LogP contribution is -2.47. The van der Waals surface area contributed by atoms with Gasteiger partial charge in [-0.15, -0.1) is 0 Å². The average Bonchev–Trinajstić information content (AvgIpc) is 2.92. The van der Waals surface area contributed by atoms with Gasteiger partial charge < -0.3 is 9.64 Å². The molecule has 0 aromatic carbocycles. The molecule has 1 aliphatic carbocycles. The Bertz CT molecular complexity index is 633. The second kappa shape index (κ2) is 7.28. The van der Waals surface area contributed by atoms with Crippen LogP contribution < -0.4 is 0 Å². The van der Waals surface area contributed by atoms with Gasteiger partial charge in [-0.05, 0) is 50.2 Å². The molecule has 1 aromatic heterocycles. The largest absolute Gasteiger partial charge is 0.384 e. The third-order valence-electron chi connectivity index (χ3n) is 7.00. The van der Waals surface area contributed by atoms with E-state index < -0.39 is 0 Å². The van der Waals surface area contributed by atoms with Gasteiger partial charge in [-0.25, -0.2) is 0 Å². The minimum absolute atomic E-state index is 0.129. The summed E-state index contributed by atoms with van der Waals surface area (Å²) in [7, 11) is 1.82. The van der Waals surface area contributed by atoms with E-state index in [1.54, 1.807) is 6.20 Å². The van der Waals surface area contributed by atoms with Crippen molar-refractivity contribution in [1.29, 1.82) is 0 Å². The predicted octanol–water partition coefficient (Wildman–Crippen LogP) is 2.74. The molecular weight excluding hydrogens is 326 g/mol. The van der Waals surface area contributed by atoms with E-state index in [4.69, 9.17) is 4.74 Å². The number of pyridine rings is 1. The number of piperidine rings is 1. The number of hydrogen-bond donors (Lipinski definition) is 0. The minimum Gasteiger partial charge on any atom is -0.384 e. The fourth-order valence-electron chi connectivity index (χ4n) is 5.03. The van der Waals surface area contributed by atoms with E-state index in [1.165, 1.54) is 32.4 Å². The maximum Gasteiger partial charge on any atom is 0.255 e. The lowest BCUT2D eigenvalue weighted by molar-refractivity contribution is 0.0312. The highest BCUT2D eigenvalue weighted by molar-refractivity contribution is 5.94. The van der Waals surface area contributed by atoms with E-state index in [-0.39, 0.29) is 5.91 Å². The summed E-state index contributed by atoms with van der Waals surface area (Å²) in [5.41, 5.74) is 1.99. The van der Waals surface area contributed by atoms with E-state index in [2.05, 4.69) is 9.88 Å². The SMILES string of the molecule is COCC1CN(C2CCC2)CC12CCN(C(=O)c1ccc(C)nc1)CC2. The molecule has 1 aromatic rings. The van der Waals surface area contributed by atoms with Crippen LogP contribution in [0.4, 0.5) is 0 Å². The molecule has 1 spiro atoms. The van der Waals surface area contributed by atoms with Gasteiger partial charge in [0.15, 0.2) is 0 Å². The van der Waals surface area contributed by atoms with Crippen LogP contribution in [0, 0.1) is 18.3 Å². The molecule has 2 saturated heterocycles. The molecule has 1 amide bonds. The number of hydrogen-bond acceptors (Lipinski definition) is 4. The highest BCUT2D eigenvalue weighted by atomic mass is 16.5. The summed E-state index contributed by atoms with van der Waals surface area (Å²) >= 11 is 0. The molecule has 5 nitrogen and oxygen atoms in total. The Balaban J connectivity index is 1.42. The van der Waals surface area contributed by atoms with E-state index in [0.29, 0.717) is 16.9 Å². The zero-order valence-corrected chi connectivity index (χ0v) is 16.1. The Morgan fingerprint density at radius 2 is 2.08 bits per heavy atom. The van der Waals surface area contributed by atoms with Crippen molar-refractivity contribution in [3.05, 3.63) is 29.6 Å². The van der Waals surface area contributed by atoms with Gasteiger partial charge in [0.2, 0.25) is 0 Å². The van der Waals surface area contributed by atoms with Crippen molar-refractivity contribution in [2.75, 3.05) is 39.9 Å². The fourth-order valence-corrected chi connectivity index (χ4v) is 5.03. The number of amides is 1. The van der Waals surface area contributed by atoms with Crippen molar-refractivity contribution in [1.82, 2.24) is 14.8 Å². The first-order valence-electron chi connectivity index (χ1n) is 10.1. The zero-order valence-electron chi connectivity index (χ0n) is 16.1. The maximum absolute atomic E-state index is 12.8. The van der Waals surface area contributed by atoms with Crippen molar-refractivity contribution in [3.63, 3.8) is 0 Å². The first-order chi connectivity index (χ1) is 12.6. The summed E-state index contributed by atoms with van der Waals surface area (Å²) in [6, 6.07) is 4.62. The van der Waals surface area contributed by atoms with Gasteiger partial charge in [0, 0.05) is 57.1 Å². The summed E-state index contributed by atoms with van der Waals surface area (Å²) in [6.45, 7) is 6.87. The third-order valence-corrected chi connectivity index (χ3v) is 7.00. The topological polar surface area (TPSA) is 45.7 Å². The van der Waals surface area contributed by atoms with Crippen LogP contribution >= 0.6 is 0 Å². The molecular formula is C21H31N3O2. The van der Waals surface area contributed by atoms with Crippen molar-refractivity contribution in [3.8, 4) is 0 Å². The van der Waals surface area contributed by atoms with E-state index in [9.17, 15) is 4.79 Å². The van der Waals surface area contributed by atoms with Crippen LogP contribution in [-0.4, -0.2) is 66.6 Å². The molecule has 0 bridgehead atoms. The lowest BCUT2D eigenvalue weighted by atomic mass is 9.71. The number of ether oxygens (including phenoxy) is 1. The molecule has 0 radical (unpaired) electrons. The number of likely N-dealkylation sites (tertiary alicyclic amines) is 2. The zero-order chi connectivity index (χ0) is 18.1. The Hall–Kier alpha value is -1.46. The molecule has 3 fully saturated rings. The molecule has 1 saturated carbocycles. The molecule has 142 valence electrons. The molecule has 5 heteroatoms. The fraction of sp³-hybridized carbons (Fsp3) is 0.714. The summed E-state index contributed by atoms with van der Waals surface area (Å²) in [4.78, 5) is 21.8. The second-order valence-electron chi connectivity index (χ2n) is 8.51. The summed E-state index contributed by atoms with van der Waals surface area (Å²) in [5, 5.41) is 0. The van der Waals surface area contributed by atoms with Crippen molar-refractivity contribution < 1.29 is 9.53 Å². The predicted molar refractivity (Wildman–Crippen MR) is 101 cm³/mol. The molecule has 3 aliphatic rings. The van der Waals surface area contributed by atoms with Gasteiger partial charge in [-0.3, -0.25) is 14.7 Å². The van der Waals surface area contributed by atoms with Crippen LogP contribution in [0.1, 0.15) is 48.2 Å². The van der Waals surface area contributed by atoms with Crippen molar-refractivity contribution >= 4 is 5.91 Å². The van der Waals surface area contributed by atoms with Gasteiger partial charge in [0.05, 0.1) is 12.2 Å². The van der Waals surface area contributed by atoms with E-state index in [0.717, 1.165) is 44.3 Å². The highest BCUT2D eigenvalue weighted by Gasteiger charge is 2.50. The van der Waals surface area contributed by atoms with Crippen LogP contribution in [0.3, 0.4) is 0 Å². The van der Waals surface area contributed by atoms with Crippen LogP contribution in [-0.2, 0) is 4.74 Å². The van der Waals surface area contributed by atoms with Crippen LogP contribution in [0.2, 0.25) is 0 Å². The molecule has 1 unspecified atom stereocenters. The normalized spacial score (nSPS) is 26.2. The quantitative estimate of drug-likeness (QED) is 0.831. The first-order valence-corrected chi connectivity index (χ1v) is 10.1. The highest BCUT2D eigenvalue weighted by Crippen LogP contribution is 2.47. The number of carbonyl (C=O) groups excluding carboxylic acids is 1. The smallest absolute Gasteiger partial charge is 0.255 e. The Morgan fingerprint density at radius 1 is 1.31 bits per heavy atom. The number of methoxy groups -OCH3 is 1. The van der Waals surface area contributed by atoms with Crippen LogP contribution in [0.5, 0.6) is 0 Å². The van der Waals surface area contributed by atoms with Gasteiger partial charge in [-0.1, -0.05) is 6.42 Å². The third kappa shape index (κ3) is 3.27. The van der Waals surface area contributed by atoms with Gasteiger partial charge >= 0.3 is 0 Å². The van der Waals surface area contributed by atoms with Crippen LogP contribution in [0.25, 0.3) is 0 Å². The standard InChI is InChI=1S/C21H31N3O2/c1-16-6-7-17(12-22-16)20(25)23-10-8-21(9-11-23)15-24(19-4-3-5-19)13-18(21)14-26-2/h6-7,12,18-19H,3-5,8-11,13-15H2,1-2H3.